The van der Waals surface area contributed by atoms with Gasteiger partial charge in [0.2, 0.25) is 5.91 Å². The van der Waals surface area contributed by atoms with Gasteiger partial charge in [-0.1, -0.05) is 0 Å². The summed E-state index contributed by atoms with van der Waals surface area (Å²) in [5.74, 6) is 0.0465. The zero-order chi connectivity index (χ0) is 15.6. The highest BCUT2D eigenvalue weighted by Crippen LogP contribution is 2.23. The Hall–Kier alpha value is -1.30. The molecule has 0 unspecified atom stereocenters. The largest absolute Gasteiger partial charge is 0.444 e. The van der Waals surface area contributed by atoms with E-state index in [0.29, 0.717) is 19.6 Å². The lowest BCUT2D eigenvalue weighted by Gasteiger charge is -2.35. The SMILES string of the molecule is CC(C)(C)OC(=O)N1CCC[C@H]1C(=O)N1CCC(N)CC1. The van der Waals surface area contributed by atoms with Crippen LogP contribution in [-0.4, -0.2) is 59.1 Å². The minimum atomic E-state index is -0.537. The van der Waals surface area contributed by atoms with Gasteiger partial charge in [0.15, 0.2) is 0 Å². The summed E-state index contributed by atoms with van der Waals surface area (Å²) in [5, 5.41) is 0. The van der Waals surface area contributed by atoms with Crippen LogP contribution >= 0.6 is 0 Å². The second-order valence-corrected chi connectivity index (χ2v) is 6.99. The van der Waals surface area contributed by atoms with E-state index in [2.05, 4.69) is 0 Å². The second kappa shape index (κ2) is 6.22. The van der Waals surface area contributed by atoms with Gasteiger partial charge < -0.3 is 15.4 Å². The maximum atomic E-state index is 12.6. The average Bonchev–Trinajstić information content (AvgIpc) is 2.86. The van der Waals surface area contributed by atoms with E-state index in [4.69, 9.17) is 10.5 Å². The third-order valence-electron chi connectivity index (χ3n) is 4.02. The zero-order valence-corrected chi connectivity index (χ0v) is 13.3. The molecule has 0 aromatic rings. The summed E-state index contributed by atoms with van der Waals surface area (Å²) in [5.41, 5.74) is 5.34. The topological polar surface area (TPSA) is 75.9 Å². The molecule has 2 rings (SSSR count). The lowest BCUT2D eigenvalue weighted by atomic mass is 10.0. The molecule has 2 heterocycles. The first kappa shape index (κ1) is 16.1. The molecule has 0 aliphatic carbocycles. The van der Waals surface area contributed by atoms with Crippen molar-refractivity contribution in [3.05, 3.63) is 0 Å². The Balaban J connectivity index is 1.98. The van der Waals surface area contributed by atoms with Crippen LogP contribution in [-0.2, 0) is 9.53 Å². The number of carbonyl (C=O) groups is 2. The van der Waals surface area contributed by atoms with Gasteiger partial charge >= 0.3 is 6.09 Å². The highest BCUT2D eigenvalue weighted by Gasteiger charge is 2.39. The van der Waals surface area contributed by atoms with Crippen LogP contribution in [0.15, 0.2) is 0 Å². The molecule has 2 saturated heterocycles. The van der Waals surface area contributed by atoms with Gasteiger partial charge in [0.25, 0.3) is 0 Å². The van der Waals surface area contributed by atoms with Crippen molar-refractivity contribution in [2.75, 3.05) is 19.6 Å². The van der Waals surface area contributed by atoms with Crippen molar-refractivity contribution in [2.45, 2.75) is 64.1 Å². The first-order valence-electron chi connectivity index (χ1n) is 7.82. The summed E-state index contributed by atoms with van der Waals surface area (Å²) in [6.07, 6.45) is 2.87. The molecule has 0 bridgehead atoms. The second-order valence-electron chi connectivity index (χ2n) is 6.99. The molecule has 0 saturated carbocycles. The van der Waals surface area contributed by atoms with Crippen LogP contribution in [0.1, 0.15) is 46.5 Å². The maximum absolute atomic E-state index is 12.6. The molecule has 6 nitrogen and oxygen atoms in total. The van der Waals surface area contributed by atoms with E-state index in [9.17, 15) is 9.59 Å². The summed E-state index contributed by atoms with van der Waals surface area (Å²) in [6, 6.07) is -0.172. The van der Waals surface area contributed by atoms with Crippen molar-refractivity contribution < 1.29 is 14.3 Å². The Kier molecular flexibility index (Phi) is 4.76. The van der Waals surface area contributed by atoms with Crippen LogP contribution in [0.25, 0.3) is 0 Å². The number of piperidine rings is 1. The molecule has 2 aliphatic heterocycles. The predicted molar refractivity (Wildman–Crippen MR) is 79.8 cm³/mol. The predicted octanol–water partition coefficient (Wildman–Crippen LogP) is 1.34. The van der Waals surface area contributed by atoms with Crippen LogP contribution < -0.4 is 5.73 Å². The Morgan fingerprint density at radius 1 is 1.10 bits per heavy atom. The van der Waals surface area contributed by atoms with E-state index in [1.54, 1.807) is 4.90 Å². The molecule has 2 fully saturated rings. The van der Waals surface area contributed by atoms with Gasteiger partial charge in [-0.3, -0.25) is 9.69 Å². The van der Waals surface area contributed by atoms with Gasteiger partial charge in [0, 0.05) is 25.7 Å². The molecule has 1 atom stereocenters. The molecule has 2 N–H and O–H groups in total. The number of hydrogen-bond donors (Lipinski definition) is 1. The van der Waals surface area contributed by atoms with Crippen molar-refractivity contribution >= 4 is 12.0 Å². The molecule has 120 valence electrons. The summed E-state index contributed by atoms with van der Waals surface area (Å²) in [7, 11) is 0. The van der Waals surface area contributed by atoms with Crippen LogP contribution in [0.2, 0.25) is 0 Å². The number of rotatable bonds is 1. The van der Waals surface area contributed by atoms with Crippen LogP contribution in [0.5, 0.6) is 0 Å². The quantitative estimate of drug-likeness (QED) is 0.792. The first-order valence-corrected chi connectivity index (χ1v) is 7.82. The standard InChI is InChI=1S/C15H27N3O3/c1-15(2,3)21-14(20)18-8-4-5-12(18)13(19)17-9-6-11(16)7-10-17/h11-12H,4-10,16H2,1-3H3/t12-/m0/s1. The molecule has 21 heavy (non-hydrogen) atoms. The normalized spacial score (nSPS) is 24.3. The Bertz CT molecular complexity index is 397. The van der Waals surface area contributed by atoms with Gasteiger partial charge in [0.1, 0.15) is 11.6 Å². The molecule has 0 spiro atoms. The molecule has 6 heteroatoms. The zero-order valence-electron chi connectivity index (χ0n) is 13.3. The van der Waals surface area contributed by atoms with E-state index >= 15 is 0 Å². The van der Waals surface area contributed by atoms with Crippen LogP contribution in [0.4, 0.5) is 4.79 Å². The minimum absolute atomic E-state index is 0.0465. The van der Waals surface area contributed by atoms with Crippen molar-refractivity contribution in [1.29, 1.82) is 0 Å². The summed E-state index contributed by atoms with van der Waals surface area (Å²) < 4.78 is 5.40. The lowest BCUT2D eigenvalue weighted by Crippen LogP contribution is -2.52. The van der Waals surface area contributed by atoms with E-state index in [-0.39, 0.29) is 24.1 Å². The third kappa shape index (κ3) is 4.09. The highest BCUT2D eigenvalue weighted by molar-refractivity contribution is 5.86. The molecule has 0 aromatic carbocycles. The number of likely N-dealkylation sites (tertiary alicyclic amines) is 2. The average molecular weight is 297 g/mol. The number of hydrogen-bond acceptors (Lipinski definition) is 4. The number of carbonyl (C=O) groups excluding carboxylic acids is 2. The fraction of sp³-hybridized carbons (Fsp3) is 0.867. The van der Waals surface area contributed by atoms with Crippen LogP contribution in [0, 0.1) is 0 Å². The van der Waals surface area contributed by atoms with Crippen molar-refractivity contribution in [1.82, 2.24) is 9.80 Å². The molecular weight excluding hydrogens is 270 g/mol. The molecule has 2 amide bonds. The van der Waals surface area contributed by atoms with Crippen molar-refractivity contribution in [3.63, 3.8) is 0 Å². The van der Waals surface area contributed by atoms with Crippen molar-refractivity contribution in [3.8, 4) is 0 Å². The Labute approximate surface area is 126 Å². The minimum Gasteiger partial charge on any atom is -0.444 e. The molecule has 2 aliphatic rings. The summed E-state index contributed by atoms with van der Waals surface area (Å²) >= 11 is 0. The van der Waals surface area contributed by atoms with E-state index in [1.807, 2.05) is 25.7 Å². The van der Waals surface area contributed by atoms with Gasteiger partial charge in [-0.05, 0) is 46.5 Å². The monoisotopic (exact) mass is 297 g/mol. The number of amides is 2. The highest BCUT2D eigenvalue weighted by atomic mass is 16.6. The lowest BCUT2D eigenvalue weighted by molar-refractivity contribution is -0.137. The molecule has 0 radical (unpaired) electrons. The Morgan fingerprint density at radius 2 is 1.71 bits per heavy atom. The van der Waals surface area contributed by atoms with Gasteiger partial charge in [0.05, 0.1) is 0 Å². The fourth-order valence-corrected chi connectivity index (χ4v) is 2.89. The summed E-state index contributed by atoms with van der Waals surface area (Å²) in [4.78, 5) is 28.3. The Morgan fingerprint density at radius 3 is 2.29 bits per heavy atom. The van der Waals surface area contributed by atoms with Gasteiger partial charge in [-0.25, -0.2) is 4.79 Å². The number of nitrogens with two attached hydrogens (primary N) is 1. The van der Waals surface area contributed by atoms with E-state index in [0.717, 1.165) is 25.7 Å². The molecular formula is C15H27N3O3. The summed E-state index contributed by atoms with van der Waals surface area (Å²) in [6.45, 7) is 7.49. The fourth-order valence-electron chi connectivity index (χ4n) is 2.89. The van der Waals surface area contributed by atoms with Crippen molar-refractivity contribution in [2.24, 2.45) is 5.73 Å². The van der Waals surface area contributed by atoms with E-state index in [1.165, 1.54) is 0 Å². The number of nitrogens with zero attached hydrogens (tertiary/aromatic N) is 2. The smallest absolute Gasteiger partial charge is 0.410 e. The number of ether oxygens (including phenoxy) is 1. The third-order valence-corrected chi connectivity index (χ3v) is 4.02. The maximum Gasteiger partial charge on any atom is 0.410 e. The van der Waals surface area contributed by atoms with Gasteiger partial charge in [-0.15, -0.1) is 0 Å². The van der Waals surface area contributed by atoms with Crippen LogP contribution in [0.3, 0.4) is 0 Å². The van der Waals surface area contributed by atoms with E-state index < -0.39 is 5.60 Å². The van der Waals surface area contributed by atoms with Gasteiger partial charge in [-0.2, -0.15) is 0 Å². The molecule has 0 aromatic heterocycles. The first-order chi connectivity index (χ1) is 9.78.